The van der Waals surface area contributed by atoms with Crippen molar-refractivity contribution < 1.29 is 63.2 Å². The normalized spacial score (nSPS) is 13.1. The third-order valence-corrected chi connectivity index (χ3v) is 7.61. The highest BCUT2D eigenvalue weighted by Crippen LogP contribution is 2.10. The fourth-order valence-electron chi connectivity index (χ4n) is 4.80. The molecule has 0 aliphatic heterocycles. The van der Waals surface area contributed by atoms with Crippen molar-refractivity contribution in [3.63, 3.8) is 0 Å². The number of nitrogens with one attached hydrogen (secondary N) is 5. The zero-order valence-corrected chi connectivity index (χ0v) is 28.5. The van der Waals surface area contributed by atoms with E-state index in [0.717, 1.165) is 19.3 Å². The van der Waals surface area contributed by atoms with Crippen LogP contribution in [0, 0.1) is 5.82 Å². The minimum absolute atomic E-state index is 0.0272. The Morgan fingerprint density at radius 1 is 0.608 bits per heavy atom. The molecule has 5 amide bonds. The minimum Gasteiger partial charge on any atom is -0.481 e. The Kier molecular flexibility index (Phi) is 20.5. The average molecular weight is 726 g/mol. The van der Waals surface area contributed by atoms with Gasteiger partial charge in [-0.05, 0) is 56.2 Å². The van der Waals surface area contributed by atoms with Crippen LogP contribution in [0.5, 0.6) is 0 Å². The number of halogens is 1. The van der Waals surface area contributed by atoms with Gasteiger partial charge in [-0.25, -0.2) is 18.8 Å². The molecule has 1 aromatic rings. The molecule has 1 aromatic carbocycles. The smallest absolute Gasteiger partial charge is 0.326 e. The molecular weight excluding hydrogens is 677 g/mol. The summed E-state index contributed by atoms with van der Waals surface area (Å²) in [4.78, 5) is 96.2. The first-order valence-electron chi connectivity index (χ1n) is 16.7. The standard InChI is InChI=1S/C33H48FN5O12/c1-2-3-4-5-9-26(40)36-25(19-20-10-12-21(34)13-11-20)30(46)37-22(14-16-27(41)42)29(45)35-18-7-6-8-23(31(47)48)38-33(51)39-24(32(49)50)15-17-28(43)44/h10-13,22-25H,2-9,14-19H2,1H3,(H,35,45)(H,36,40)(H,37,46)(H,41,42)(H,43,44)(H,47,48)(H,49,50)(H2,38,39,51)/t22-,23-,24-,25-/m0/s1. The SMILES string of the molecule is CCCCCCC(=O)N[C@@H](Cc1ccc(F)cc1)C(=O)N[C@@H](CCC(=O)O)C(=O)NCCCC[C@H](NC(=O)N[C@@H](CCC(=O)O)C(=O)O)C(=O)O. The molecule has 0 aliphatic rings. The van der Waals surface area contributed by atoms with Gasteiger partial charge < -0.3 is 47.0 Å². The Bertz CT molecular complexity index is 1340. The predicted octanol–water partition coefficient (Wildman–Crippen LogP) is 1.53. The second-order valence-corrected chi connectivity index (χ2v) is 11.9. The van der Waals surface area contributed by atoms with Gasteiger partial charge in [0.25, 0.3) is 0 Å². The number of carboxylic acid groups (broad SMARTS) is 4. The molecule has 0 spiro atoms. The lowest BCUT2D eigenvalue weighted by Crippen LogP contribution is -2.54. The van der Waals surface area contributed by atoms with Crippen LogP contribution in [-0.4, -0.2) is 98.8 Å². The summed E-state index contributed by atoms with van der Waals surface area (Å²) in [6.45, 7) is 1.99. The van der Waals surface area contributed by atoms with Crippen molar-refractivity contribution in [2.45, 2.75) is 115 Å². The molecule has 0 saturated heterocycles. The van der Waals surface area contributed by atoms with Gasteiger partial charge in [-0.3, -0.25) is 24.0 Å². The van der Waals surface area contributed by atoms with Crippen LogP contribution in [0.1, 0.15) is 89.5 Å². The maximum Gasteiger partial charge on any atom is 0.326 e. The number of unbranched alkanes of at least 4 members (excludes halogenated alkanes) is 4. The van der Waals surface area contributed by atoms with Crippen molar-refractivity contribution in [2.75, 3.05) is 6.54 Å². The molecule has 18 heteroatoms. The van der Waals surface area contributed by atoms with E-state index in [0.29, 0.717) is 12.0 Å². The highest BCUT2D eigenvalue weighted by Gasteiger charge is 2.28. The van der Waals surface area contributed by atoms with Gasteiger partial charge in [0.05, 0.1) is 0 Å². The van der Waals surface area contributed by atoms with Crippen LogP contribution in [0.4, 0.5) is 9.18 Å². The second-order valence-electron chi connectivity index (χ2n) is 11.9. The predicted molar refractivity (Wildman–Crippen MR) is 178 cm³/mol. The molecule has 0 unspecified atom stereocenters. The summed E-state index contributed by atoms with van der Waals surface area (Å²) in [5.74, 6) is -7.81. The first-order valence-corrected chi connectivity index (χ1v) is 16.7. The summed E-state index contributed by atoms with van der Waals surface area (Å²) in [6.07, 6.45) is 1.93. The summed E-state index contributed by atoms with van der Waals surface area (Å²) in [6, 6.07) is -1.32. The molecular formula is C33H48FN5O12. The Morgan fingerprint density at radius 3 is 1.73 bits per heavy atom. The van der Waals surface area contributed by atoms with E-state index in [1.165, 1.54) is 24.3 Å². The van der Waals surface area contributed by atoms with Gasteiger partial charge in [-0.15, -0.1) is 0 Å². The zero-order chi connectivity index (χ0) is 38.3. The lowest BCUT2D eigenvalue weighted by molar-refractivity contribution is -0.141. The number of carbonyl (C=O) groups excluding carboxylic acids is 4. The third kappa shape index (κ3) is 19.5. The number of carbonyl (C=O) groups is 8. The van der Waals surface area contributed by atoms with Crippen molar-refractivity contribution in [2.24, 2.45) is 0 Å². The molecule has 0 bridgehead atoms. The van der Waals surface area contributed by atoms with Gasteiger partial charge >= 0.3 is 29.9 Å². The van der Waals surface area contributed by atoms with Gasteiger partial charge in [0.1, 0.15) is 30.0 Å². The molecule has 1 rings (SSSR count). The molecule has 0 radical (unpaired) electrons. The molecule has 0 aliphatic carbocycles. The molecule has 0 aromatic heterocycles. The van der Waals surface area contributed by atoms with Gasteiger partial charge in [0.15, 0.2) is 0 Å². The van der Waals surface area contributed by atoms with Crippen LogP contribution >= 0.6 is 0 Å². The molecule has 284 valence electrons. The average Bonchev–Trinajstić information content (AvgIpc) is 3.06. The maximum atomic E-state index is 13.5. The summed E-state index contributed by atoms with van der Waals surface area (Å²) >= 11 is 0. The van der Waals surface area contributed by atoms with E-state index < -0.39 is 96.9 Å². The lowest BCUT2D eigenvalue weighted by Gasteiger charge is -2.23. The Labute approximate surface area is 294 Å². The van der Waals surface area contributed by atoms with E-state index in [-0.39, 0.29) is 45.1 Å². The number of benzene rings is 1. The van der Waals surface area contributed by atoms with E-state index in [2.05, 4.69) is 21.3 Å². The number of carboxylic acids is 4. The van der Waals surface area contributed by atoms with E-state index >= 15 is 0 Å². The monoisotopic (exact) mass is 725 g/mol. The first-order chi connectivity index (χ1) is 24.1. The van der Waals surface area contributed by atoms with Crippen molar-refractivity contribution in [1.29, 1.82) is 0 Å². The molecule has 0 fully saturated rings. The van der Waals surface area contributed by atoms with E-state index in [9.17, 15) is 58.1 Å². The van der Waals surface area contributed by atoms with E-state index in [4.69, 9.17) is 5.11 Å². The number of aliphatic carboxylic acids is 4. The molecule has 4 atom stereocenters. The summed E-state index contributed by atoms with van der Waals surface area (Å²) in [5.41, 5.74) is 0.529. The van der Waals surface area contributed by atoms with Crippen molar-refractivity contribution in [1.82, 2.24) is 26.6 Å². The molecule has 9 N–H and O–H groups in total. The molecule has 0 heterocycles. The Balaban J connectivity index is 2.82. The van der Waals surface area contributed by atoms with Gasteiger partial charge in [0, 0.05) is 32.2 Å². The highest BCUT2D eigenvalue weighted by atomic mass is 19.1. The summed E-state index contributed by atoms with van der Waals surface area (Å²) < 4.78 is 13.5. The van der Waals surface area contributed by atoms with Crippen LogP contribution in [0.25, 0.3) is 0 Å². The molecule has 0 saturated carbocycles. The number of rotatable bonds is 26. The van der Waals surface area contributed by atoms with Crippen LogP contribution in [-0.2, 0) is 40.0 Å². The number of amides is 5. The quantitative estimate of drug-likeness (QED) is 0.0615. The second kappa shape index (κ2) is 24.0. The number of hydrogen-bond donors (Lipinski definition) is 9. The number of urea groups is 1. The van der Waals surface area contributed by atoms with Gasteiger partial charge in [-0.1, -0.05) is 38.3 Å². The fourth-order valence-corrected chi connectivity index (χ4v) is 4.80. The third-order valence-electron chi connectivity index (χ3n) is 7.61. The van der Waals surface area contributed by atoms with E-state index in [1.807, 2.05) is 12.2 Å². The van der Waals surface area contributed by atoms with E-state index in [1.54, 1.807) is 0 Å². The van der Waals surface area contributed by atoms with Gasteiger partial charge in [0.2, 0.25) is 17.7 Å². The lowest BCUT2D eigenvalue weighted by atomic mass is 10.0. The van der Waals surface area contributed by atoms with Crippen LogP contribution in [0.3, 0.4) is 0 Å². The van der Waals surface area contributed by atoms with Crippen molar-refractivity contribution >= 4 is 47.6 Å². The van der Waals surface area contributed by atoms with Crippen LogP contribution in [0.2, 0.25) is 0 Å². The summed E-state index contributed by atoms with van der Waals surface area (Å²) in [5, 5.41) is 48.5. The first kappa shape index (κ1) is 43.7. The largest absolute Gasteiger partial charge is 0.481 e. The number of hydrogen-bond acceptors (Lipinski definition) is 8. The molecule has 51 heavy (non-hydrogen) atoms. The maximum absolute atomic E-state index is 13.5. The van der Waals surface area contributed by atoms with Crippen LogP contribution < -0.4 is 26.6 Å². The van der Waals surface area contributed by atoms with Crippen LogP contribution in [0.15, 0.2) is 24.3 Å². The summed E-state index contributed by atoms with van der Waals surface area (Å²) in [7, 11) is 0. The molecule has 17 nitrogen and oxygen atoms in total. The Hall–Kier alpha value is -5.29. The Morgan fingerprint density at radius 2 is 1.18 bits per heavy atom. The topological polar surface area (TPSA) is 278 Å². The fraction of sp³-hybridized carbons (Fsp3) is 0.576. The van der Waals surface area contributed by atoms with Gasteiger partial charge in [-0.2, -0.15) is 0 Å². The highest BCUT2D eigenvalue weighted by molar-refractivity contribution is 5.92. The van der Waals surface area contributed by atoms with Crippen molar-refractivity contribution in [3.8, 4) is 0 Å². The zero-order valence-electron chi connectivity index (χ0n) is 28.5. The minimum atomic E-state index is -1.56. The van der Waals surface area contributed by atoms with Crippen molar-refractivity contribution in [3.05, 3.63) is 35.6 Å².